The molecule has 1 heterocycles. The van der Waals surface area contributed by atoms with E-state index in [1.807, 2.05) is 26.8 Å². The van der Waals surface area contributed by atoms with Gasteiger partial charge in [0.05, 0.1) is 10.7 Å². The molecule has 102 valence electrons. The third kappa shape index (κ3) is 4.91. The molecule has 0 fully saturated rings. The number of halogens is 1. The van der Waals surface area contributed by atoms with E-state index in [0.29, 0.717) is 12.4 Å². The van der Waals surface area contributed by atoms with Crippen LogP contribution in [0.4, 0.5) is 5.82 Å². The number of nitrogens with zero attached hydrogens (tertiary/aromatic N) is 1. The zero-order chi connectivity index (χ0) is 14.0. The minimum absolute atomic E-state index is 0.440. The van der Waals surface area contributed by atoms with Gasteiger partial charge in [-0.25, -0.2) is 18.1 Å². The van der Waals surface area contributed by atoms with E-state index < -0.39 is 15.6 Å². The summed E-state index contributed by atoms with van der Waals surface area (Å²) < 4.78 is 25.9. The number of hydrogen-bond acceptors (Lipinski definition) is 4. The van der Waals surface area contributed by atoms with E-state index in [1.54, 1.807) is 6.20 Å². The Labute approximate surface area is 117 Å². The molecule has 0 aliphatic heterocycles. The fourth-order valence-corrected chi connectivity index (χ4v) is 2.96. The Bertz CT molecular complexity index is 529. The van der Waals surface area contributed by atoms with Gasteiger partial charge >= 0.3 is 0 Å². The number of hydrogen-bond donors (Lipinski definition) is 2. The Kier molecular flexibility index (Phi) is 4.74. The van der Waals surface area contributed by atoms with Crippen LogP contribution in [0.5, 0.6) is 0 Å². The summed E-state index contributed by atoms with van der Waals surface area (Å²) in [6.07, 6.45) is 2.86. The molecular formula is C11H18BrN3O2S. The number of sulfonamides is 1. The van der Waals surface area contributed by atoms with Crippen molar-refractivity contribution in [3.8, 4) is 0 Å². The Morgan fingerprint density at radius 3 is 2.61 bits per heavy atom. The second kappa shape index (κ2) is 5.54. The Hall–Kier alpha value is -0.660. The van der Waals surface area contributed by atoms with Gasteiger partial charge in [-0.3, -0.25) is 0 Å². The van der Waals surface area contributed by atoms with Crippen molar-refractivity contribution < 1.29 is 8.42 Å². The lowest BCUT2D eigenvalue weighted by Crippen LogP contribution is -2.47. The smallest absolute Gasteiger partial charge is 0.209 e. The van der Waals surface area contributed by atoms with Gasteiger partial charge in [-0.15, -0.1) is 0 Å². The zero-order valence-electron chi connectivity index (χ0n) is 10.9. The molecule has 1 rings (SSSR count). The van der Waals surface area contributed by atoms with Crippen molar-refractivity contribution >= 4 is 31.8 Å². The van der Waals surface area contributed by atoms with Crippen LogP contribution in [0.25, 0.3) is 0 Å². The lowest BCUT2D eigenvalue weighted by Gasteiger charge is -2.25. The van der Waals surface area contributed by atoms with Crippen LogP contribution in [0, 0.1) is 6.92 Å². The van der Waals surface area contributed by atoms with E-state index in [1.165, 1.54) is 0 Å². The van der Waals surface area contributed by atoms with E-state index in [9.17, 15) is 8.42 Å². The first-order valence-corrected chi connectivity index (χ1v) is 8.13. The fraction of sp³-hybridized carbons (Fsp3) is 0.545. The average molecular weight is 336 g/mol. The molecule has 2 N–H and O–H groups in total. The minimum atomic E-state index is -3.23. The molecular weight excluding hydrogens is 318 g/mol. The van der Waals surface area contributed by atoms with Crippen LogP contribution in [0.3, 0.4) is 0 Å². The van der Waals surface area contributed by atoms with Crippen LogP contribution in [-0.2, 0) is 10.0 Å². The SMILES string of the molecule is Cc1ccnc(NCC(C)(C)NS(C)(=O)=O)c1Br. The van der Waals surface area contributed by atoms with Gasteiger partial charge in [-0.1, -0.05) is 0 Å². The van der Waals surface area contributed by atoms with Crippen LogP contribution >= 0.6 is 15.9 Å². The summed E-state index contributed by atoms with van der Waals surface area (Å²) in [6.45, 7) is 6.03. The largest absolute Gasteiger partial charge is 0.367 e. The highest BCUT2D eigenvalue weighted by atomic mass is 79.9. The molecule has 0 amide bonds. The zero-order valence-corrected chi connectivity index (χ0v) is 13.3. The fourth-order valence-electron chi connectivity index (χ4n) is 1.51. The third-order valence-corrected chi connectivity index (χ3v) is 4.17. The average Bonchev–Trinajstić information content (AvgIpc) is 2.17. The molecule has 0 radical (unpaired) electrons. The Morgan fingerprint density at radius 1 is 1.44 bits per heavy atom. The highest BCUT2D eigenvalue weighted by Gasteiger charge is 2.22. The van der Waals surface area contributed by atoms with Gasteiger partial charge < -0.3 is 5.32 Å². The molecule has 1 aromatic rings. The van der Waals surface area contributed by atoms with Crippen LogP contribution in [-0.4, -0.2) is 31.7 Å². The molecule has 0 spiro atoms. The van der Waals surface area contributed by atoms with Crippen LogP contribution < -0.4 is 10.0 Å². The summed E-state index contributed by atoms with van der Waals surface area (Å²) in [6, 6.07) is 1.90. The summed E-state index contributed by atoms with van der Waals surface area (Å²) in [7, 11) is -3.23. The van der Waals surface area contributed by atoms with Crippen molar-refractivity contribution in [3.63, 3.8) is 0 Å². The van der Waals surface area contributed by atoms with Crippen molar-refractivity contribution in [3.05, 3.63) is 22.3 Å². The van der Waals surface area contributed by atoms with Gasteiger partial charge in [0.2, 0.25) is 10.0 Å². The first-order valence-electron chi connectivity index (χ1n) is 5.45. The molecule has 0 saturated heterocycles. The summed E-state index contributed by atoms with van der Waals surface area (Å²) in [5, 5.41) is 3.13. The van der Waals surface area contributed by atoms with Gasteiger partial charge in [0.1, 0.15) is 5.82 Å². The Morgan fingerprint density at radius 2 is 2.06 bits per heavy atom. The number of rotatable bonds is 5. The second-order valence-corrected chi connectivity index (χ2v) is 7.44. The van der Waals surface area contributed by atoms with Crippen molar-refractivity contribution in [2.24, 2.45) is 0 Å². The maximum atomic E-state index is 11.2. The Balaban J connectivity index is 2.73. The first kappa shape index (κ1) is 15.4. The van der Waals surface area contributed by atoms with Gasteiger partial charge in [0, 0.05) is 18.3 Å². The molecule has 1 aromatic heterocycles. The number of aromatic nitrogens is 1. The highest BCUT2D eigenvalue weighted by molar-refractivity contribution is 9.10. The molecule has 0 bridgehead atoms. The van der Waals surface area contributed by atoms with Crippen LogP contribution in [0.15, 0.2) is 16.7 Å². The molecule has 0 aromatic carbocycles. The summed E-state index contributed by atoms with van der Waals surface area (Å²) in [5.74, 6) is 0.707. The summed E-state index contributed by atoms with van der Waals surface area (Å²) >= 11 is 3.45. The molecule has 0 aliphatic carbocycles. The maximum absolute atomic E-state index is 11.2. The highest BCUT2D eigenvalue weighted by Crippen LogP contribution is 2.23. The quantitative estimate of drug-likeness (QED) is 0.861. The molecule has 0 unspecified atom stereocenters. The third-order valence-electron chi connectivity index (χ3n) is 2.24. The molecule has 5 nitrogen and oxygen atoms in total. The van der Waals surface area contributed by atoms with Gasteiger partial charge in [0.15, 0.2) is 0 Å². The van der Waals surface area contributed by atoms with E-state index in [2.05, 4.69) is 31.0 Å². The number of aryl methyl sites for hydroxylation is 1. The first-order chi connectivity index (χ1) is 8.11. The molecule has 7 heteroatoms. The van der Waals surface area contributed by atoms with Gasteiger partial charge in [-0.05, 0) is 48.3 Å². The standard InChI is InChI=1S/C11H18BrN3O2S/c1-8-5-6-13-10(9(8)12)14-7-11(2,3)15-18(4,16)17/h5-6,15H,7H2,1-4H3,(H,13,14). The second-order valence-electron chi connectivity index (χ2n) is 4.90. The molecule has 18 heavy (non-hydrogen) atoms. The topological polar surface area (TPSA) is 71.1 Å². The summed E-state index contributed by atoms with van der Waals surface area (Å²) in [5.41, 5.74) is 0.486. The molecule has 0 atom stereocenters. The van der Waals surface area contributed by atoms with Crippen LogP contribution in [0.1, 0.15) is 19.4 Å². The van der Waals surface area contributed by atoms with Crippen molar-refractivity contribution in [2.75, 3.05) is 18.1 Å². The molecule has 0 aliphatic rings. The minimum Gasteiger partial charge on any atom is -0.367 e. The number of pyridine rings is 1. The predicted molar refractivity (Wildman–Crippen MR) is 77.2 cm³/mol. The van der Waals surface area contributed by atoms with E-state index >= 15 is 0 Å². The number of nitrogens with one attached hydrogen (secondary N) is 2. The van der Waals surface area contributed by atoms with Crippen molar-refractivity contribution in [1.29, 1.82) is 0 Å². The lowest BCUT2D eigenvalue weighted by atomic mass is 10.1. The van der Waals surface area contributed by atoms with E-state index in [4.69, 9.17) is 0 Å². The normalized spacial score (nSPS) is 12.5. The lowest BCUT2D eigenvalue weighted by molar-refractivity contribution is 0.476. The van der Waals surface area contributed by atoms with E-state index in [-0.39, 0.29) is 0 Å². The van der Waals surface area contributed by atoms with Crippen molar-refractivity contribution in [2.45, 2.75) is 26.3 Å². The molecule has 0 saturated carbocycles. The van der Waals surface area contributed by atoms with Crippen LogP contribution in [0.2, 0.25) is 0 Å². The maximum Gasteiger partial charge on any atom is 0.209 e. The van der Waals surface area contributed by atoms with E-state index in [0.717, 1.165) is 16.3 Å². The number of anilines is 1. The monoisotopic (exact) mass is 335 g/mol. The summed E-state index contributed by atoms with van der Waals surface area (Å²) in [4.78, 5) is 4.20. The van der Waals surface area contributed by atoms with Gasteiger partial charge in [0.25, 0.3) is 0 Å². The van der Waals surface area contributed by atoms with Gasteiger partial charge in [-0.2, -0.15) is 0 Å². The van der Waals surface area contributed by atoms with Crippen molar-refractivity contribution in [1.82, 2.24) is 9.71 Å². The predicted octanol–water partition coefficient (Wildman–Crippen LogP) is 1.89.